The molecule has 0 heterocycles. The summed E-state index contributed by atoms with van der Waals surface area (Å²) in [7, 11) is 0. The maximum absolute atomic E-state index is 5.88. The van der Waals surface area contributed by atoms with E-state index in [0.29, 0.717) is 0 Å². The molecule has 0 unspecified atom stereocenters. The van der Waals surface area contributed by atoms with Crippen LogP contribution >= 0.6 is 31.9 Å². The van der Waals surface area contributed by atoms with Gasteiger partial charge in [-0.1, -0.05) is 15.9 Å². The van der Waals surface area contributed by atoms with Gasteiger partial charge < -0.3 is 5.73 Å². The molecule has 0 aliphatic heterocycles. The molecule has 2 N–H and O–H groups in total. The lowest BCUT2D eigenvalue weighted by Crippen LogP contribution is -1.97. The van der Waals surface area contributed by atoms with Crippen molar-refractivity contribution in [2.24, 2.45) is 0 Å². The SMILES string of the molecule is Cc1c(C)c(Br)c(C)c(Br)c1N. The lowest BCUT2D eigenvalue weighted by Gasteiger charge is -2.12. The van der Waals surface area contributed by atoms with Crippen molar-refractivity contribution >= 4 is 37.5 Å². The molecule has 12 heavy (non-hydrogen) atoms. The van der Waals surface area contributed by atoms with Crippen molar-refractivity contribution in [1.82, 2.24) is 0 Å². The fourth-order valence-corrected chi connectivity index (χ4v) is 2.37. The van der Waals surface area contributed by atoms with Gasteiger partial charge in [0.05, 0.1) is 0 Å². The average molecular weight is 293 g/mol. The molecule has 0 bridgehead atoms. The van der Waals surface area contributed by atoms with Crippen LogP contribution in [-0.2, 0) is 0 Å². The molecule has 0 aliphatic rings. The zero-order valence-corrected chi connectivity index (χ0v) is 10.5. The van der Waals surface area contributed by atoms with Crippen molar-refractivity contribution < 1.29 is 0 Å². The first kappa shape index (κ1) is 10.1. The van der Waals surface area contributed by atoms with Gasteiger partial charge in [-0.05, 0) is 53.4 Å². The van der Waals surface area contributed by atoms with E-state index in [9.17, 15) is 0 Å². The number of halogens is 2. The molecule has 66 valence electrons. The normalized spacial score (nSPS) is 10.4. The Morgan fingerprint density at radius 2 is 1.33 bits per heavy atom. The Balaban J connectivity index is 3.60. The van der Waals surface area contributed by atoms with Crippen molar-refractivity contribution in [2.75, 3.05) is 5.73 Å². The first-order valence-electron chi connectivity index (χ1n) is 3.67. The van der Waals surface area contributed by atoms with Crippen LogP contribution in [0.2, 0.25) is 0 Å². The largest absolute Gasteiger partial charge is 0.398 e. The van der Waals surface area contributed by atoms with Crippen LogP contribution < -0.4 is 5.73 Å². The van der Waals surface area contributed by atoms with Gasteiger partial charge in [-0.15, -0.1) is 0 Å². The van der Waals surface area contributed by atoms with Crippen LogP contribution in [0.25, 0.3) is 0 Å². The van der Waals surface area contributed by atoms with E-state index < -0.39 is 0 Å². The Bertz CT molecular complexity index is 227. The summed E-state index contributed by atoms with van der Waals surface area (Å²) in [4.78, 5) is 0. The maximum atomic E-state index is 5.88. The van der Waals surface area contributed by atoms with E-state index in [1.165, 1.54) is 5.56 Å². The molecule has 0 spiro atoms. The number of nitrogen functional groups attached to an aromatic ring is 1. The van der Waals surface area contributed by atoms with Crippen LogP contribution in [0.5, 0.6) is 0 Å². The van der Waals surface area contributed by atoms with Gasteiger partial charge in [0, 0.05) is 14.6 Å². The molecular weight excluding hydrogens is 282 g/mol. The van der Waals surface area contributed by atoms with Crippen molar-refractivity contribution in [3.05, 3.63) is 25.6 Å². The fourth-order valence-electron chi connectivity index (χ4n) is 1.11. The molecule has 1 aromatic carbocycles. The van der Waals surface area contributed by atoms with Crippen molar-refractivity contribution in [3.8, 4) is 0 Å². The van der Waals surface area contributed by atoms with Gasteiger partial charge in [-0.3, -0.25) is 0 Å². The standard InChI is InChI=1S/C9H11Br2N/c1-4-5(2)9(12)8(11)6(3)7(4)10/h12H2,1-3H3. The number of hydrogen-bond acceptors (Lipinski definition) is 1. The molecule has 1 rings (SSSR count). The van der Waals surface area contributed by atoms with E-state index in [0.717, 1.165) is 25.8 Å². The monoisotopic (exact) mass is 291 g/mol. The molecular formula is C9H11Br2N. The Morgan fingerprint density at radius 3 is 1.83 bits per heavy atom. The van der Waals surface area contributed by atoms with E-state index in [1.807, 2.05) is 13.8 Å². The molecule has 0 aromatic heterocycles. The Morgan fingerprint density at radius 1 is 0.833 bits per heavy atom. The second-order valence-corrected chi connectivity index (χ2v) is 4.50. The first-order chi connectivity index (χ1) is 5.46. The summed E-state index contributed by atoms with van der Waals surface area (Å²) >= 11 is 6.99. The molecule has 0 aliphatic carbocycles. The molecule has 0 atom stereocenters. The lowest BCUT2D eigenvalue weighted by molar-refractivity contribution is 1.26. The van der Waals surface area contributed by atoms with E-state index in [-0.39, 0.29) is 0 Å². The molecule has 0 saturated carbocycles. The van der Waals surface area contributed by atoms with Crippen LogP contribution in [0.15, 0.2) is 8.95 Å². The highest BCUT2D eigenvalue weighted by Gasteiger charge is 2.10. The van der Waals surface area contributed by atoms with Gasteiger partial charge in [0.15, 0.2) is 0 Å². The molecule has 1 aromatic rings. The van der Waals surface area contributed by atoms with Crippen LogP contribution in [0.4, 0.5) is 5.69 Å². The lowest BCUT2D eigenvalue weighted by atomic mass is 10.1. The number of rotatable bonds is 0. The minimum Gasteiger partial charge on any atom is -0.398 e. The van der Waals surface area contributed by atoms with E-state index in [4.69, 9.17) is 5.73 Å². The van der Waals surface area contributed by atoms with Crippen molar-refractivity contribution in [3.63, 3.8) is 0 Å². The second-order valence-electron chi connectivity index (χ2n) is 2.92. The van der Waals surface area contributed by atoms with Crippen LogP contribution in [0, 0.1) is 20.8 Å². The summed E-state index contributed by atoms with van der Waals surface area (Å²) in [5, 5.41) is 0. The third-order valence-corrected chi connectivity index (χ3v) is 4.40. The first-order valence-corrected chi connectivity index (χ1v) is 5.25. The minimum atomic E-state index is 0.841. The van der Waals surface area contributed by atoms with Crippen LogP contribution in [0.1, 0.15) is 16.7 Å². The van der Waals surface area contributed by atoms with Crippen molar-refractivity contribution in [2.45, 2.75) is 20.8 Å². The van der Waals surface area contributed by atoms with Crippen LogP contribution in [0.3, 0.4) is 0 Å². The van der Waals surface area contributed by atoms with E-state index in [1.54, 1.807) is 0 Å². The minimum absolute atomic E-state index is 0.841. The molecule has 0 radical (unpaired) electrons. The summed E-state index contributed by atoms with van der Waals surface area (Å²) in [6, 6.07) is 0. The average Bonchev–Trinajstić information content (AvgIpc) is 2.08. The quantitative estimate of drug-likeness (QED) is 0.725. The Labute approximate surface area is 89.6 Å². The van der Waals surface area contributed by atoms with Gasteiger partial charge in [0.1, 0.15) is 0 Å². The summed E-state index contributed by atoms with van der Waals surface area (Å²) in [5.41, 5.74) is 10.2. The zero-order chi connectivity index (χ0) is 9.46. The third kappa shape index (κ3) is 1.40. The molecule has 1 nitrogen and oxygen atoms in total. The summed E-state index contributed by atoms with van der Waals surface area (Å²) in [5.74, 6) is 0. The summed E-state index contributed by atoms with van der Waals surface area (Å²) < 4.78 is 2.14. The molecule has 0 saturated heterocycles. The number of nitrogens with two attached hydrogens (primary N) is 1. The predicted molar refractivity (Wildman–Crippen MR) is 60.5 cm³/mol. The Kier molecular flexibility index (Phi) is 2.84. The highest BCUT2D eigenvalue weighted by Crippen LogP contribution is 2.35. The topological polar surface area (TPSA) is 26.0 Å². The zero-order valence-electron chi connectivity index (χ0n) is 7.33. The maximum Gasteiger partial charge on any atom is 0.0494 e. The molecule has 0 amide bonds. The highest BCUT2D eigenvalue weighted by atomic mass is 79.9. The highest BCUT2D eigenvalue weighted by molar-refractivity contribution is 9.11. The second kappa shape index (κ2) is 3.38. The smallest absolute Gasteiger partial charge is 0.0494 e. The fraction of sp³-hybridized carbons (Fsp3) is 0.333. The number of anilines is 1. The molecule has 0 fully saturated rings. The van der Waals surface area contributed by atoms with Gasteiger partial charge in [0.2, 0.25) is 0 Å². The number of hydrogen-bond donors (Lipinski definition) is 1. The Hall–Kier alpha value is -0.0200. The molecule has 3 heteroatoms. The van der Waals surface area contributed by atoms with E-state index >= 15 is 0 Å². The van der Waals surface area contributed by atoms with Crippen LogP contribution in [-0.4, -0.2) is 0 Å². The summed E-state index contributed by atoms with van der Waals surface area (Å²) in [6.45, 7) is 6.13. The van der Waals surface area contributed by atoms with Crippen molar-refractivity contribution in [1.29, 1.82) is 0 Å². The van der Waals surface area contributed by atoms with Gasteiger partial charge in [0.25, 0.3) is 0 Å². The number of benzene rings is 1. The van der Waals surface area contributed by atoms with Gasteiger partial charge in [-0.2, -0.15) is 0 Å². The predicted octanol–water partition coefficient (Wildman–Crippen LogP) is 3.72. The van der Waals surface area contributed by atoms with E-state index in [2.05, 4.69) is 38.8 Å². The third-order valence-electron chi connectivity index (χ3n) is 2.19. The summed E-state index contributed by atoms with van der Waals surface area (Å²) in [6.07, 6.45) is 0. The van der Waals surface area contributed by atoms with Gasteiger partial charge >= 0.3 is 0 Å². The van der Waals surface area contributed by atoms with Gasteiger partial charge in [-0.25, -0.2) is 0 Å².